The first-order chi connectivity index (χ1) is 9.56. The van der Waals surface area contributed by atoms with Crippen LogP contribution >= 0.6 is 15.9 Å². The van der Waals surface area contributed by atoms with E-state index in [2.05, 4.69) is 15.9 Å². The number of hydrogen-bond acceptors (Lipinski definition) is 3. The molecule has 0 saturated heterocycles. The van der Waals surface area contributed by atoms with E-state index in [4.69, 9.17) is 9.47 Å². The van der Waals surface area contributed by atoms with Gasteiger partial charge >= 0.3 is 0 Å². The third-order valence-corrected chi connectivity index (χ3v) is 3.90. The van der Waals surface area contributed by atoms with Gasteiger partial charge in [-0.05, 0) is 36.8 Å². The summed E-state index contributed by atoms with van der Waals surface area (Å²) in [6, 6.07) is 11.3. The smallest absolute Gasteiger partial charge is 0.125 e. The molecule has 0 saturated carbocycles. The zero-order valence-electron chi connectivity index (χ0n) is 11.7. The van der Waals surface area contributed by atoms with Crippen molar-refractivity contribution in [3.8, 4) is 11.5 Å². The number of rotatable bonds is 4. The molecule has 2 aromatic carbocycles. The van der Waals surface area contributed by atoms with Crippen molar-refractivity contribution in [1.82, 2.24) is 0 Å². The Balaban J connectivity index is 2.51. The lowest BCUT2D eigenvalue weighted by atomic mass is 9.99. The van der Waals surface area contributed by atoms with E-state index in [1.807, 2.05) is 25.1 Å². The second-order valence-electron chi connectivity index (χ2n) is 4.54. The number of benzene rings is 2. The van der Waals surface area contributed by atoms with Crippen molar-refractivity contribution in [2.75, 3.05) is 14.2 Å². The molecule has 0 spiro atoms. The van der Waals surface area contributed by atoms with E-state index in [9.17, 15) is 5.11 Å². The zero-order chi connectivity index (χ0) is 14.7. The Kier molecular flexibility index (Phi) is 4.68. The van der Waals surface area contributed by atoms with Gasteiger partial charge in [0.05, 0.1) is 14.2 Å². The van der Waals surface area contributed by atoms with Crippen LogP contribution in [0.3, 0.4) is 0 Å². The molecule has 2 aromatic rings. The van der Waals surface area contributed by atoms with Crippen molar-refractivity contribution in [2.45, 2.75) is 13.0 Å². The first-order valence-corrected chi connectivity index (χ1v) is 7.02. The zero-order valence-corrected chi connectivity index (χ0v) is 13.3. The maximum absolute atomic E-state index is 10.7. The van der Waals surface area contributed by atoms with E-state index in [1.165, 1.54) is 0 Å². The summed E-state index contributed by atoms with van der Waals surface area (Å²) in [4.78, 5) is 0. The highest BCUT2D eigenvalue weighted by molar-refractivity contribution is 9.10. The summed E-state index contributed by atoms with van der Waals surface area (Å²) in [7, 11) is 3.18. The first kappa shape index (κ1) is 14.9. The Labute approximate surface area is 127 Å². The Morgan fingerprint density at radius 3 is 2.40 bits per heavy atom. The standard InChI is InChI=1S/C16H17BrO3/c1-10-4-6-14(17)12(8-10)16(18)13-9-11(19-2)5-7-15(13)20-3/h4-9,16,18H,1-3H3. The molecule has 4 heteroatoms. The topological polar surface area (TPSA) is 38.7 Å². The first-order valence-electron chi connectivity index (χ1n) is 6.23. The van der Waals surface area contributed by atoms with Crippen molar-refractivity contribution >= 4 is 15.9 Å². The summed E-state index contributed by atoms with van der Waals surface area (Å²) in [6.45, 7) is 1.99. The van der Waals surface area contributed by atoms with E-state index in [-0.39, 0.29) is 0 Å². The second kappa shape index (κ2) is 6.29. The maximum atomic E-state index is 10.7. The molecule has 0 aliphatic heterocycles. The molecule has 1 N–H and O–H groups in total. The number of ether oxygens (including phenoxy) is 2. The average Bonchev–Trinajstić information content (AvgIpc) is 2.48. The van der Waals surface area contributed by atoms with Crippen LogP contribution in [0.25, 0.3) is 0 Å². The molecule has 0 aromatic heterocycles. The summed E-state index contributed by atoms with van der Waals surface area (Å²) >= 11 is 3.48. The van der Waals surface area contributed by atoms with Gasteiger partial charge in [0.25, 0.3) is 0 Å². The van der Waals surface area contributed by atoms with Gasteiger partial charge in [0, 0.05) is 10.0 Å². The highest BCUT2D eigenvalue weighted by Crippen LogP contribution is 2.36. The number of hydrogen-bond donors (Lipinski definition) is 1. The number of halogens is 1. The molecule has 0 aliphatic rings. The molecule has 0 heterocycles. The molecule has 1 atom stereocenters. The van der Waals surface area contributed by atoms with Crippen LogP contribution in [0, 0.1) is 6.92 Å². The fourth-order valence-corrected chi connectivity index (χ4v) is 2.56. The van der Waals surface area contributed by atoms with Crippen molar-refractivity contribution in [3.05, 3.63) is 57.6 Å². The quantitative estimate of drug-likeness (QED) is 0.921. The predicted molar refractivity (Wildman–Crippen MR) is 82.5 cm³/mol. The van der Waals surface area contributed by atoms with Crippen LogP contribution in [0.15, 0.2) is 40.9 Å². The van der Waals surface area contributed by atoms with Gasteiger partial charge in [-0.25, -0.2) is 0 Å². The molecule has 0 aliphatic carbocycles. The highest BCUT2D eigenvalue weighted by Gasteiger charge is 2.19. The molecule has 106 valence electrons. The van der Waals surface area contributed by atoms with Gasteiger partial charge in [-0.15, -0.1) is 0 Å². The summed E-state index contributed by atoms with van der Waals surface area (Å²) < 4.78 is 11.4. The van der Waals surface area contributed by atoms with Gasteiger partial charge in [0.2, 0.25) is 0 Å². The fourth-order valence-electron chi connectivity index (χ4n) is 2.09. The number of aryl methyl sites for hydroxylation is 1. The van der Waals surface area contributed by atoms with E-state index in [0.717, 1.165) is 15.6 Å². The molecule has 0 fully saturated rings. The maximum Gasteiger partial charge on any atom is 0.125 e. The minimum Gasteiger partial charge on any atom is -0.497 e. The fraction of sp³-hybridized carbons (Fsp3) is 0.250. The largest absolute Gasteiger partial charge is 0.497 e. The Morgan fingerprint density at radius 2 is 1.75 bits per heavy atom. The van der Waals surface area contributed by atoms with Crippen LogP contribution in [0.2, 0.25) is 0 Å². The Morgan fingerprint density at radius 1 is 1.00 bits per heavy atom. The minimum atomic E-state index is -0.783. The lowest BCUT2D eigenvalue weighted by Crippen LogP contribution is -2.04. The molecule has 0 radical (unpaired) electrons. The number of methoxy groups -OCH3 is 2. The van der Waals surface area contributed by atoms with Crippen molar-refractivity contribution in [3.63, 3.8) is 0 Å². The normalized spacial score (nSPS) is 12.1. The molecular formula is C16H17BrO3. The lowest BCUT2D eigenvalue weighted by Gasteiger charge is -2.18. The Hall–Kier alpha value is -1.52. The SMILES string of the molecule is COc1ccc(OC)c(C(O)c2cc(C)ccc2Br)c1. The van der Waals surface area contributed by atoms with E-state index in [0.29, 0.717) is 17.1 Å². The molecule has 20 heavy (non-hydrogen) atoms. The van der Waals surface area contributed by atoms with Crippen molar-refractivity contribution in [2.24, 2.45) is 0 Å². The molecule has 0 bridgehead atoms. The molecule has 2 rings (SSSR count). The van der Waals surface area contributed by atoms with Crippen LogP contribution in [0.4, 0.5) is 0 Å². The van der Waals surface area contributed by atoms with Crippen LogP contribution < -0.4 is 9.47 Å². The van der Waals surface area contributed by atoms with Gasteiger partial charge < -0.3 is 14.6 Å². The molecular weight excluding hydrogens is 320 g/mol. The van der Waals surface area contributed by atoms with Crippen LogP contribution in [-0.2, 0) is 0 Å². The molecule has 0 amide bonds. The van der Waals surface area contributed by atoms with Crippen LogP contribution in [0.5, 0.6) is 11.5 Å². The second-order valence-corrected chi connectivity index (χ2v) is 5.39. The van der Waals surface area contributed by atoms with Gasteiger partial charge in [-0.1, -0.05) is 33.6 Å². The van der Waals surface area contributed by atoms with Crippen LogP contribution in [-0.4, -0.2) is 19.3 Å². The highest BCUT2D eigenvalue weighted by atomic mass is 79.9. The molecule has 3 nitrogen and oxygen atoms in total. The third-order valence-electron chi connectivity index (χ3n) is 3.18. The van der Waals surface area contributed by atoms with Crippen molar-refractivity contribution < 1.29 is 14.6 Å². The van der Waals surface area contributed by atoms with E-state index < -0.39 is 6.10 Å². The third kappa shape index (κ3) is 2.97. The van der Waals surface area contributed by atoms with E-state index in [1.54, 1.807) is 32.4 Å². The summed E-state index contributed by atoms with van der Waals surface area (Å²) in [6.07, 6.45) is -0.783. The Bertz CT molecular complexity index is 611. The van der Waals surface area contributed by atoms with Crippen LogP contribution in [0.1, 0.15) is 22.8 Å². The monoisotopic (exact) mass is 336 g/mol. The average molecular weight is 337 g/mol. The number of aliphatic hydroxyl groups excluding tert-OH is 1. The van der Waals surface area contributed by atoms with E-state index >= 15 is 0 Å². The minimum absolute atomic E-state index is 0.631. The summed E-state index contributed by atoms with van der Waals surface area (Å²) in [5.74, 6) is 1.32. The van der Waals surface area contributed by atoms with Crippen molar-refractivity contribution in [1.29, 1.82) is 0 Å². The van der Waals surface area contributed by atoms with Gasteiger partial charge in [0.1, 0.15) is 17.6 Å². The predicted octanol–water partition coefficient (Wildman–Crippen LogP) is 3.86. The van der Waals surface area contributed by atoms with Gasteiger partial charge in [-0.2, -0.15) is 0 Å². The summed E-state index contributed by atoms with van der Waals surface area (Å²) in [5.41, 5.74) is 2.57. The lowest BCUT2D eigenvalue weighted by molar-refractivity contribution is 0.213. The van der Waals surface area contributed by atoms with Gasteiger partial charge in [0.15, 0.2) is 0 Å². The number of aliphatic hydroxyl groups is 1. The molecule has 1 unspecified atom stereocenters. The summed E-state index contributed by atoms with van der Waals surface area (Å²) in [5, 5.41) is 10.7. The van der Waals surface area contributed by atoms with Gasteiger partial charge in [-0.3, -0.25) is 0 Å².